The highest BCUT2D eigenvalue weighted by molar-refractivity contribution is 6.31. The van der Waals surface area contributed by atoms with Gasteiger partial charge in [-0.15, -0.1) is 0 Å². The van der Waals surface area contributed by atoms with Gasteiger partial charge in [-0.1, -0.05) is 41.9 Å². The lowest BCUT2D eigenvalue weighted by molar-refractivity contribution is 0.0179. The summed E-state index contributed by atoms with van der Waals surface area (Å²) in [6.45, 7) is 6.37. The zero-order valence-electron chi connectivity index (χ0n) is 15.6. The Labute approximate surface area is 164 Å². The summed E-state index contributed by atoms with van der Waals surface area (Å²) in [5.41, 5.74) is 1.89. The van der Waals surface area contributed by atoms with E-state index in [-0.39, 0.29) is 17.4 Å². The Balaban J connectivity index is 1.53. The first-order valence-electron chi connectivity index (χ1n) is 9.68. The first-order chi connectivity index (χ1) is 13.0. The summed E-state index contributed by atoms with van der Waals surface area (Å²) in [6.07, 6.45) is 1.78. The molecule has 0 saturated carbocycles. The molecule has 3 atom stereocenters. The molecule has 3 unspecified atom stereocenters. The molecule has 1 aromatic carbocycles. The summed E-state index contributed by atoms with van der Waals surface area (Å²) in [5.74, 6) is 0.413. The van der Waals surface area contributed by atoms with Gasteiger partial charge in [-0.05, 0) is 11.6 Å². The average Bonchev–Trinajstić information content (AvgIpc) is 2.82. The van der Waals surface area contributed by atoms with Crippen LogP contribution < -0.4 is 5.32 Å². The molecule has 4 fully saturated rings. The second-order valence-electron chi connectivity index (χ2n) is 8.36. The number of fused-ring (bicyclic) bond motifs is 1. The summed E-state index contributed by atoms with van der Waals surface area (Å²) < 4.78 is 1.81. The van der Waals surface area contributed by atoms with E-state index in [9.17, 15) is 4.79 Å². The summed E-state index contributed by atoms with van der Waals surface area (Å²) in [5, 5.41) is 4.02. The lowest BCUT2D eigenvalue weighted by Gasteiger charge is -2.55. The predicted octanol–water partition coefficient (Wildman–Crippen LogP) is 1.98. The van der Waals surface area contributed by atoms with Gasteiger partial charge in [0.05, 0.1) is 5.02 Å². The SMILES string of the molecule is Cn1cc(Cl)cc1C(=O)NC1C2CN3CCN(C2)CC1(c1ccccc1)C3. The smallest absolute Gasteiger partial charge is 0.268 e. The molecule has 6 rings (SSSR count). The molecule has 4 bridgehead atoms. The van der Waals surface area contributed by atoms with Crippen LogP contribution in [0.25, 0.3) is 0 Å². The van der Waals surface area contributed by atoms with E-state index in [2.05, 4.69) is 45.4 Å². The van der Waals surface area contributed by atoms with Crippen molar-refractivity contribution in [2.75, 3.05) is 39.3 Å². The molecule has 5 nitrogen and oxygen atoms in total. The minimum atomic E-state index is -0.0659. The van der Waals surface area contributed by atoms with Crippen LogP contribution in [0, 0.1) is 5.92 Å². The van der Waals surface area contributed by atoms with Crippen molar-refractivity contribution in [1.82, 2.24) is 19.7 Å². The number of piperidine rings is 2. The Kier molecular flexibility index (Phi) is 4.08. The van der Waals surface area contributed by atoms with Crippen molar-refractivity contribution in [2.45, 2.75) is 11.5 Å². The molecule has 27 heavy (non-hydrogen) atoms. The number of nitrogens with zero attached hydrogens (tertiary/aromatic N) is 3. The molecule has 1 aromatic heterocycles. The molecule has 5 heterocycles. The molecular weight excluding hydrogens is 360 g/mol. The second kappa shape index (κ2) is 6.36. The van der Waals surface area contributed by atoms with Crippen molar-refractivity contribution >= 4 is 17.5 Å². The van der Waals surface area contributed by atoms with Crippen molar-refractivity contribution in [3.63, 3.8) is 0 Å². The number of benzene rings is 1. The Hall–Kier alpha value is -1.82. The average molecular weight is 385 g/mol. The van der Waals surface area contributed by atoms with E-state index < -0.39 is 0 Å². The number of hydrogen-bond acceptors (Lipinski definition) is 3. The zero-order chi connectivity index (χ0) is 18.6. The lowest BCUT2D eigenvalue weighted by atomic mass is 9.64. The van der Waals surface area contributed by atoms with Crippen molar-refractivity contribution < 1.29 is 4.79 Å². The number of aryl methyl sites for hydroxylation is 1. The number of carbonyl (C=O) groups is 1. The fourth-order valence-corrected chi connectivity index (χ4v) is 5.78. The van der Waals surface area contributed by atoms with E-state index in [1.807, 2.05) is 11.6 Å². The van der Waals surface area contributed by atoms with Gasteiger partial charge >= 0.3 is 0 Å². The quantitative estimate of drug-likeness (QED) is 0.879. The summed E-state index contributed by atoms with van der Waals surface area (Å²) in [7, 11) is 1.87. The fraction of sp³-hybridized carbons (Fsp3) is 0.476. The largest absolute Gasteiger partial charge is 0.347 e. The number of aromatic nitrogens is 1. The molecule has 0 aliphatic carbocycles. The Bertz CT molecular complexity index is 848. The number of carbonyl (C=O) groups excluding carboxylic acids is 1. The molecule has 2 aromatic rings. The van der Waals surface area contributed by atoms with Gasteiger partial charge in [0, 0.05) is 69.9 Å². The highest BCUT2D eigenvalue weighted by Gasteiger charge is 2.55. The maximum atomic E-state index is 13.1. The standard InChI is InChI=1S/C21H25ClN4O/c1-24-12-17(22)9-18(24)20(27)23-19-15-10-25-7-8-26(11-15)14-21(19,13-25)16-5-3-2-4-6-16/h2-6,9,12,15,19H,7-8,10-11,13-14H2,1H3,(H,23,27). The third-order valence-electron chi connectivity index (χ3n) is 6.64. The maximum Gasteiger partial charge on any atom is 0.268 e. The molecule has 0 spiro atoms. The van der Waals surface area contributed by atoms with Crippen LogP contribution in [-0.4, -0.2) is 65.6 Å². The van der Waals surface area contributed by atoms with Gasteiger partial charge < -0.3 is 19.7 Å². The molecule has 1 amide bonds. The van der Waals surface area contributed by atoms with Crippen LogP contribution in [0.3, 0.4) is 0 Å². The first-order valence-corrected chi connectivity index (χ1v) is 10.1. The third-order valence-corrected chi connectivity index (χ3v) is 6.84. The number of rotatable bonds is 3. The normalized spacial score (nSPS) is 34.4. The van der Waals surface area contributed by atoms with Crippen molar-refractivity contribution in [1.29, 1.82) is 0 Å². The Morgan fingerprint density at radius 2 is 1.81 bits per heavy atom. The van der Waals surface area contributed by atoms with Gasteiger partial charge in [0.2, 0.25) is 0 Å². The van der Waals surface area contributed by atoms with E-state index in [4.69, 9.17) is 11.6 Å². The molecular formula is C21H25ClN4O. The molecule has 4 saturated heterocycles. The summed E-state index contributed by atoms with van der Waals surface area (Å²) in [4.78, 5) is 18.3. The van der Waals surface area contributed by atoms with Gasteiger partial charge in [-0.3, -0.25) is 4.79 Å². The fourth-order valence-electron chi connectivity index (χ4n) is 5.53. The zero-order valence-corrected chi connectivity index (χ0v) is 16.3. The Morgan fingerprint density at radius 3 is 2.41 bits per heavy atom. The molecule has 4 aliphatic rings. The number of nitrogens with one attached hydrogen (secondary N) is 1. The minimum absolute atomic E-state index is 0.0270. The number of hydrogen-bond donors (Lipinski definition) is 1. The Morgan fingerprint density at radius 1 is 1.15 bits per heavy atom. The van der Waals surface area contributed by atoms with E-state index in [1.54, 1.807) is 12.3 Å². The monoisotopic (exact) mass is 384 g/mol. The van der Waals surface area contributed by atoms with Crippen molar-refractivity contribution in [2.24, 2.45) is 13.0 Å². The lowest BCUT2D eigenvalue weighted by Crippen LogP contribution is -2.70. The van der Waals surface area contributed by atoms with Gasteiger partial charge in [-0.25, -0.2) is 0 Å². The minimum Gasteiger partial charge on any atom is -0.347 e. The molecule has 4 aliphatic heterocycles. The number of halogens is 1. The van der Waals surface area contributed by atoms with Crippen molar-refractivity contribution in [3.8, 4) is 0 Å². The van der Waals surface area contributed by atoms with E-state index in [0.29, 0.717) is 16.6 Å². The van der Waals surface area contributed by atoms with Crippen LogP contribution in [0.4, 0.5) is 0 Å². The van der Waals surface area contributed by atoms with Crippen LogP contribution in [0.15, 0.2) is 42.6 Å². The highest BCUT2D eigenvalue weighted by Crippen LogP contribution is 2.43. The molecule has 142 valence electrons. The third kappa shape index (κ3) is 2.80. The van der Waals surface area contributed by atoms with Crippen molar-refractivity contribution in [3.05, 3.63) is 58.9 Å². The van der Waals surface area contributed by atoms with Crippen LogP contribution in [0.5, 0.6) is 0 Å². The summed E-state index contributed by atoms with van der Waals surface area (Å²) in [6, 6.07) is 12.6. The predicted molar refractivity (Wildman–Crippen MR) is 106 cm³/mol. The van der Waals surface area contributed by atoms with Crippen LogP contribution in [0.1, 0.15) is 16.1 Å². The van der Waals surface area contributed by atoms with Gasteiger partial charge in [0.15, 0.2) is 0 Å². The van der Waals surface area contributed by atoms with E-state index in [0.717, 1.165) is 39.3 Å². The van der Waals surface area contributed by atoms with Crippen LogP contribution in [-0.2, 0) is 12.5 Å². The summed E-state index contributed by atoms with van der Waals surface area (Å²) >= 11 is 6.10. The molecule has 1 N–H and O–H groups in total. The number of amides is 1. The first kappa shape index (κ1) is 17.3. The second-order valence-corrected chi connectivity index (χ2v) is 8.79. The topological polar surface area (TPSA) is 40.5 Å². The van der Waals surface area contributed by atoms with Gasteiger partial charge in [0.25, 0.3) is 5.91 Å². The molecule has 0 radical (unpaired) electrons. The molecule has 6 heteroatoms. The van der Waals surface area contributed by atoms with Gasteiger partial charge in [0.1, 0.15) is 5.69 Å². The highest BCUT2D eigenvalue weighted by atomic mass is 35.5. The van der Waals surface area contributed by atoms with Crippen LogP contribution in [0.2, 0.25) is 5.02 Å². The van der Waals surface area contributed by atoms with Crippen LogP contribution >= 0.6 is 11.6 Å². The maximum absolute atomic E-state index is 13.1. The van der Waals surface area contributed by atoms with E-state index >= 15 is 0 Å². The van der Waals surface area contributed by atoms with E-state index in [1.165, 1.54) is 5.56 Å². The van der Waals surface area contributed by atoms with Gasteiger partial charge in [-0.2, -0.15) is 0 Å².